The van der Waals surface area contributed by atoms with Gasteiger partial charge in [0.1, 0.15) is 0 Å². The van der Waals surface area contributed by atoms with Gasteiger partial charge in [0, 0.05) is 0 Å². The second-order valence-corrected chi connectivity index (χ2v) is 2.83. The maximum atomic E-state index is 12.0. The van der Waals surface area contributed by atoms with Crippen molar-refractivity contribution in [3.8, 4) is 0 Å². The van der Waals surface area contributed by atoms with Crippen LogP contribution in [-0.4, -0.2) is 23.8 Å². The first kappa shape index (κ1) is 9.31. The van der Waals surface area contributed by atoms with Crippen molar-refractivity contribution >= 4 is 5.97 Å². The number of halogens is 3. The maximum Gasteiger partial charge on any atom is 0.393 e. The molecule has 0 aromatic rings. The SMILES string of the molecule is NCC1C(C(=O)O)C1C(F)(F)F. The molecule has 0 aliphatic heterocycles. The number of aliphatic carboxylic acids is 1. The van der Waals surface area contributed by atoms with Crippen LogP contribution in [-0.2, 0) is 4.79 Å². The molecule has 3 atom stereocenters. The van der Waals surface area contributed by atoms with Crippen molar-refractivity contribution in [2.24, 2.45) is 23.5 Å². The summed E-state index contributed by atoms with van der Waals surface area (Å²) in [6.45, 7) is -0.221. The van der Waals surface area contributed by atoms with E-state index in [-0.39, 0.29) is 6.54 Å². The van der Waals surface area contributed by atoms with Gasteiger partial charge >= 0.3 is 12.1 Å². The molecule has 12 heavy (non-hydrogen) atoms. The third-order valence-electron chi connectivity index (χ3n) is 2.10. The van der Waals surface area contributed by atoms with Gasteiger partial charge in [-0.2, -0.15) is 13.2 Å². The van der Waals surface area contributed by atoms with Crippen LogP contribution in [0.4, 0.5) is 13.2 Å². The van der Waals surface area contributed by atoms with Crippen LogP contribution in [0.3, 0.4) is 0 Å². The fourth-order valence-electron chi connectivity index (χ4n) is 1.45. The van der Waals surface area contributed by atoms with Crippen LogP contribution in [0.5, 0.6) is 0 Å². The summed E-state index contributed by atoms with van der Waals surface area (Å²) in [5.74, 6) is -5.40. The van der Waals surface area contributed by atoms with E-state index in [0.717, 1.165) is 0 Å². The Hall–Kier alpha value is -0.780. The van der Waals surface area contributed by atoms with Crippen molar-refractivity contribution in [2.45, 2.75) is 6.18 Å². The summed E-state index contributed by atoms with van der Waals surface area (Å²) in [6, 6.07) is 0. The second kappa shape index (κ2) is 2.62. The lowest BCUT2D eigenvalue weighted by Crippen LogP contribution is -2.16. The molecule has 1 rings (SSSR count). The molecule has 0 bridgehead atoms. The number of nitrogens with two attached hydrogens (primary N) is 1. The van der Waals surface area contributed by atoms with Crippen LogP contribution < -0.4 is 5.73 Å². The molecular weight excluding hydrogens is 175 g/mol. The quantitative estimate of drug-likeness (QED) is 0.653. The van der Waals surface area contributed by atoms with E-state index in [1.807, 2.05) is 0 Å². The molecule has 3 N–H and O–H groups in total. The molecule has 0 amide bonds. The summed E-state index contributed by atoms with van der Waals surface area (Å²) >= 11 is 0. The van der Waals surface area contributed by atoms with Crippen molar-refractivity contribution in [3.05, 3.63) is 0 Å². The summed E-state index contributed by atoms with van der Waals surface area (Å²) < 4.78 is 35.9. The first-order valence-corrected chi connectivity index (χ1v) is 3.39. The number of alkyl halides is 3. The number of carboxylic acids is 1. The Morgan fingerprint density at radius 3 is 2.08 bits per heavy atom. The summed E-state index contributed by atoms with van der Waals surface area (Å²) in [4.78, 5) is 10.2. The standard InChI is InChI=1S/C6H8F3NO2/c7-6(8,9)4-2(1-10)3(4)5(11)12/h2-4H,1,10H2,(H,11,12). The van der Waals surface area contributed by atoms with Gasteiger partial charge in [0.05, 0.1) is 11.8 Å². The second-order valence-electron chi connectivity index (χ2n) is 2.83. The average molecular weight is 183 g/mol. The van der Waals surface area contributed by atoms with Crippen molar-refractivity contribution < 1.29 is 23.1 Å². The fourth-order valence-corrected chi connectivity index (χ4v) is 1.45. The molecule has 1 fully saturated rings. The number of carboxylic acid groups (broad SMARTS) is 1. The molecule has 70 valence electrons. The monoisotopic (exact) mass is 183 g/mol. The van der Waals surface area contributed by atoms with Gasteiger partial charge in [-0.05, 0) is 12.5 Å². The molecule has 1 aliphatic carbocycles. The summed E-state index contributed by atoms with van der Waals surface area (Å²) in [7, 11) is 0. The predicted molar refractivity (Wildman–Crippen MR) is 33.2 cm³/mol. The highest BCUT2D eigenvalue weighted by molar-refractivity contribution is 5.74. The van der Waals surface area contributed by atoms with Crippen LogP contribution in [0.15, 0.2) is 0 Å². The van der Waals surface area contributed by atoms with E-state index in [0.29, 0.717) is 0 Å². The molecule has 1 aliphatic rings. The Morgan fingerprint density at radius 1 is 1.50 bits per heavy atom. The van der Waals surface area contributed by atoms with Gasteiger partial charge in [-0.25, -0.2) is 0 Å². The van der Waals surface area contributed by atoms with E-state index in [4.69, 9.17) is 10.8 Å². The Bertz CT molecular complexity index is 203. The Labute approximate surface area is 66.4 Å². The van der Waals surface area contributed by atoms with Crippen molar-refractivity contribution in [1.82, 2.24) is 0 Å². The van der Waals surface area contributed by atoms with Crippen molar-refractivity contribution in [3.63, 3.8) is 0 Å². The molecule has 1 saturated carbocycles. The van der Waals surface area contributed by atoms with E-state index in [2.05, 4.69) is 0 Å². The highest BCUT2D eigenvalue weighted by atomic mass is 19.4. The number of hydrogen-bond acceptors (Lipinski definition) is 2. The van der Waals surface area contributed by atoms with Gasteiger partial charge in [-0.1, -0.05) is 0 Å². The average Bonchev–Trinajstić information content (AvgIpc) is 2.58. The minimum absolute atomic E-state index is 0.221. The number of rotatable bonds is 2. The van der Waals surface area contributed by atoms with Crippen molar-refractivity contribution in [2.75, 3.05) is 6.54 Å². The van der Waals surface area contributed by atoms with Gasteiger partial charge in [-0.15, -0.1) is 0 Å². The van der Waals surface area contributed by atoms with Crippen molar-refractivity contribution in [1.29, 1.82) is 0 Å². The van der Waals surface area contributed by atoms with E-state index in [1.54, 1.807) is 0 Å². The zero-order valence-electron chi connectivity index (χ0n) is 6.01. The van der Waals surface area contributed by atoms with Crippen LogP contribution in [0.25, 0.3) is 0 Å². The number of hydrogen-bond donors (Lipinski definition) is 2. The molecule has 3 unspecified atom stereocenters. The maximum absolute atomic E-state index is 12.0. The highest BCUT2D eigenvalue weighted by Gasteiger charge is 2.66. The molecule has 6 heteroatoms. The minimum Gasteiger partial charge on any atom is -0.481 e. The van der Waals surface area contributed by atoms with E-state index >= 15 is 0 Å². The first-order chi connectivity index (χ1) is 5.39. The summed E-state index contributed by atoms with van der Waals surface area (Å²) in [6.07, 6.45) is -4.42. The summed E-state index contributed by atoms with van der Waals surface area (Å²) in [5.41, 5.74) is 4.99. The van der Waals surface area contributed by atoms with Gasteiger partial charge in [0.25, 0.3) is 0 Å². The van der Waals surface area contributed by atoms with Gasteiger partial charge in [0.15, 0.2) is 0 Å². The smallest absolute Gasteiger partial charge is 0.393 e. The minimum atomic E-state index is -4.42. The van der Waals surface area contributed by atoms with Crippen LogP contribution in [0, 0.1) is 17.8 Å². The van der Waals surface area contributed by atoms with Crippen LogP contribution in [0.2, 0.25) is 0 Å². The van der Waals surface area contributed by atoms with Gasteiger partial charge in [0.2, 0.25) is 0 Å². The Morgan fingerprint density at radius 2 is 2.00 bits per heavy atom. The summed E-state index contributed by atoms with van der Waals surface area (Å²) in [5, 5.41) is 8.33. The zero-order valence-corrected chi connectivity index (χ0v) is 6.01. The Balaban J connectivity index is 2.65. The van der Waals surface area contributed by atoms with E-state index in [1.165, 1.54) is 0 Å². The molecule has 3 nitrogen and oxygen atoms in total. The largest absolute Gasteiger partial charge is 0.481 e. The highest BCUT2D eigenvalue weighted by Crippen LogP contribution is 2.55. The third-order valence-corrected chi connectivity index (χ3v) is 2.10. The molecule has 0 saturated heterocycles. The van der Waals surface area contributed by atoms with Gasteiger partial charge < -0.3 is 10.8 Å². The molecular formula is C6H8F3NO2. The molecule has 0 heterocycles. The molecule has 0 aromatic heterocycles. The zero-order chi connectivity index (χ0) is 9.52. The van der Waals surface area contributed by atoms with Crippen LogP contribution >= 0.6 is 0 Å². The lowest BCUT2D eigenvalue weighted by Gasteiger charge is -2.02. The Kier molecular flexibility index (Phi) is 2.03. The lowest BCUT2D eigenvalue weighted by atomic mass is 10.3. The topological polar surface area (TPSA) is 63.3 Å². The normalized spacial score (nSPS) is 34.8. The van der Waals surface area contributed by atoms with E-state index < -0.39 is 29.9 Å². The molecule has 0 spiro atoms. The van der Waals surface area contributed by atoms with E-state index in [9.17, 15) is 18.0 Å². The fraction of sp³-hybridized carbons (Fsp3) is 0.833. The predicted octanol–water partition coefficient (Wildman–Crippen LogP) is 0.454. The number of carbonyl (C=O) groups is 1. The lowest BCUT2D eigenvalue weighted by molar-refractivity contribution is -0.161. The third kappa shape index (κ3) is 1.38. The van der Waals surface area contributed by atoms with Gasteiger partial charge in [-0.3, -0.25) is 4.79 Å². The van der Waals surface area contributed by atoms with Crippen LogP contribution in [0.1, 0.15) is 0 Å². The first-order valence-electron chi connectivity index (χ1n) is 3.39. The molecule has 0 radical (unpaired) electrons. The molecule has 0 aromatic carbocycles.